The molecule has 0 saturated heterocycles. The summed E-state index contributed by atoms with van der Waals surface area (Å²) in [6.45, 7) is 2.18. The fourth-order valence-corrected chi connectivity index (χ4v) is 2.13. The van der Waals surface area contributed by atoms with Gasteiger partial charge < -0.3 is 4.74 Å². The van der Waals surface area contributed by atoms with E-state index in [4.69, 9.17) is 4.74 Å². The van der Waals surface area contributed by atoms with Crippen LogP contribution in [0.25, 0.3) is 0 Å². The second-order valence-corrected chi connectivity index (χ2v) is 4.59. The lowest BCUT2D eigenvalue weighted by atomic mass is 10.2. The molecule has 0 aliphatic heterocycles. The zero-order valence-corrected chi connectivity index (χ0v) is 9.87. The third-order valence-corrected chi connectivity index (χ3v) is 3.24. The Kier molecular flexibility index (Phi) is 2.77. The first kappa shape index (κ1) is 9.31. The molecule has 1 saturated carbocycles. The van der Waals surface area contributed by atoms with Crippen LogP contribution in [0.4, 0.5) is 0 Å². The first-order chi connectivity index (χ1) is 6.29. The summed E-state index contributed by atoms with van der Waals surface area (Å²) in [4.78, 5) is 0. The van der Waals surface area contributed by atoms with E-state index in [0.717, 1.165) is 12.2 Å². The van der Waals surface area contributed by atoms with Crippen LogP contribution in [0, 0.1) is 3.57 Å². The van der Waals surface area contributed by atoms with Crippen LogP contribution in [0.15, 0.2) is 18.2 Å². The third kappa shape index (κ3) is 2.36. The molecule has 0 aromatic heterocycles. The summed E-state index contributed by atoms with van der Waals surface area (Å²) in [5.41, 5.74) is 1.41. The largest absolute Gasteiger partial charge is 0.490 e. The van der Waals surface area contributed by atoms with Gasteiger partial charge in [-0.1, -0.05) is 13.0 Å². The van der Waals surface area contributed by atoms with Gasteiger partial charge in [0.05, 0.1) is 6.10 Å². The van der Waals surface area contributed by atoms with Gasteiger partial charge in [0.15, 0.2) is 0 Å². The highest BCUT2D eigenvalue weighted by Gasteiger charge is 2.23. The summed E-state index contributed by atoms with van der Waals surface area (Å²) < 4.78 is 7.02. The van der Waals surface area contributed by atoms with Crippen molar-refractivity contribution in [2.75, 3.05) is 0 Å². The molecule has 0 spiro atoms. The zero-order chi connectivity index (χ0) is 9.26. The van der Waals surface area contributed by atoms with Crippen molar-refractivity contribution in [2.45, 2.75) is 32.3 Å². The van der Waals surface area contributed by atoms with Crippen molar-refractivity contribution in [1.29, 1.82) is 0 Å². The number of rotatable bonds is 3. The second-order valence-electron chi connectivity index (χ2n) is 3.42. The molecule has 13 heavy (non-hydrogen) atoms. The average molecular weight is 288 g/mol. The molecule has 70 valence electrons. The Bertz CT molecular complexity index is 305. The Hall–Kier alpha value is -0.250. The lowest BCUT2D eigenvalue weighted by Crippen LogP contribution is -1.96. The maximum absolute atomic E-state index is 5.70. The van der Waals surface area contributed by atoms with Gasteiger partial charge in [0.1, 0.15) is 5.75 Å². The van der Waals surface area contributed by atoms with Crippen LogP contribution in [-0.2, 0) is 6.42 Å². The van der Waals surface area contributed by atoms with Crippen molar-refractivity contribution in [2.24, 2.45) is 0 Å². The minimum Gasteiger partial charge on any atom is -0.490 e. The Balaban J connectivity index is 2.13. The van der Waals surface area contributed by atoms with E-state index in [1.54, 1.807) is 0 Å². The van der Waals surface area contributed by atoms with E-state index in [0.29, 0.717) is 6.10 Å². The molecule has 0 unspecified atom stereocenters. The first-order valence-electron chi connectivity index (χ1n) is 4.74. The van der Waals surface area contributed by atoms with Crippen LogP contribution in [0.2, 0.25) is 0 Å². The first-order valence-corrected chi connectivity index (χ1v) is 5.82. The van der Waals surface area contributed by atoms with Crippen LogP contribution < -0.4 is 4.74 Å². The average Bonchev–Trinajstić information content (AvgIpc) is 2.89. The van der Waals surface area contributed by atoms with Crippen LogP contribution in [0.5, 0.6) is 5.75 Å². The highest BCUT2D eigenvalue weighted by atomic mass is 127. The topological polar surface area (TPSA) is 9.23 Å². The number of benzene rings is 1. The van der Waals surface area contributed by atoms with Gasteiger partial charge in [0.25, 0.3) is 0 Å². The summed E-state index contributed by atoms with van der Waals surface area (Å²) in [5, 5.41) is 0. The summed E-state index contributed by atoms with van der Waals surface area (Å²) in [6.07, 6.45) is 4.06. The van der Waals surface area contributed by atoms with Crippen LogP contribution in [-0.4, -0.2) is 6.10 Å². The van der Waals surface area contributed by atoms with Gasteiger partial charge in [-0.2, -0.15) is 0 Å². The van der Waals surface area contributed by atoms with Crippen LogP contribution >= 0.6 is 22.6 Å². The maximum Gasteiger partial charge on any atom is 0.120 e. The normalized spacial score (nSPS) is 15.8. The maximum atomic E-state index is 5.70. The number of halogens is 1. The molecule has 0 N–H and O–H groups in total. The third-order valence-electron chi connectivity index (χ3n) is 2.23. The molecule has 0 atom stereocenters. The zero-order valence-electron chi connectivity index (χ0n) is 7.72. The predicted molar refractivity (Wildman–Crippen MR) is 62.2 cm³/mol. The molecule has 2 rings (SSSR count). The Labute approximate surface area is 92.6 Å². The van der Waals surface area contributed by atoms with Gasteiger partial charge in [-0.05, 0) is 59.5 Å². The molecule has 1 aliphatic carbocycles. The Morgan fingerprint density at radius 1 is 1.46 bits per heavy atom. The second kappa shape index (κ2) is 3.86. The number of aryl methyl sites for hydroxylation is 1. The minimum absolute atomic E-state index is 0.503. The highest BCUT2D eigenvalue weighted by molar-refractivity contribution is 14.1. The van der Waals surface area contributed by atoms with Crippen molar-refractivity contribution < 1.29 is 4.74 Å². The van der Waals surface area contributed by atoms with Crippen molar-refractivity contribution >= 4 is 22.6 Å². The summed E-state index contributed by atoms with van der Waals surface area (Å²) >= 11 is 2.37. The number of hydrogen-bond donors (Lipinski definition) is 0. The van der Waals surface area contributed by atoms with E-state index < -0.39 is 0 Å². The minimum atomic E-state index is 0.503. The van der Waals surface area contributed by atoms with Crippen LogP contribution in [0.3, 0.4) is 0 Å². The Morgan fingerprint density at radius 2 is 2.23 bits per heavy atom. The van der Waals surface area contributed by atoms with E-state index >= 15 is 0 Å². The number of hydrogen-bond acceptors (Lipinski definition) is 1. The molecule has 2 heteroatoms. The van der Waals surface area contributed by atoms with Gasteiger partial charge in [0.2, 0.25) is 0 Å². The van der Waals surface area contributed by atoms with Gasteiger partial charge in [-0.15, -0.1) is 0 Å². The molecular weight excluding hydrogens is 275 g/mol. The lowest BCUT2D eigenvalue weighted by Gasteiger charge is -2.06. The highest BCUT2D eigenvalue weighted by Crippen LogP contribution is 2.28. The van der Waals surface area contributed by atoms with E-state index in [9.17, 15) is 0 Å². The molecule has 0 radical (unpaired) electrons. The number of ether oxygens (including phenoxy) is 1. The van der Waals surface area contributed by atoms with Gasteiger partial charge in [-0.25, -0.2) is 0 Å². The van der Waals surface area contributed by atoms with E-state index in [1.165, 1.54) is 22.0 Å². The lowest BCUT2D eigenvalue weighted by molar-refractivity contribution is 0.303. The molecular formula is C11H13IO. The smallest absolute Gasteiger partial charge is 0.120 e. The van der Waals surface area contributed by atoms with Crippen molar-refractivity contribution in [3.05, 3.63) is 27.3 Å². The van der Waals surface area contributed by atoms with E-state index in [-0.39, 0.29) is 0 Å². The fraction of sp³-hybridized carbons (Fsp3) is 0.455. The summed E-state index contributed by atoms with van der Waals surface area (Å²) in [5.74, 6) is 1.03. The SMILES string of the molecule is CCc1ccc(OC2CC2)cc1I. The summed E-state index contributed by atoms with van der Waals surface area (Å²) in [7, 11) is 0. The molecule has 1 fully saturated rings. The molecule has 0 bridgehead atoms. The molecule has 1 aliphatic rings. The predicted octanol–water partition coefficient (Wildman–Crippen LogP) is 3.39. The molecule has 0 heterocycles. The molecule has 1 aromatic carbocycles. The fourth-order valence-electron chi connectivity index (χ4n) is 1.27. The van der Waals surface area contributed by atoms with Crippen molar-refractivity contribution in [1.82, 2.24) is 0 Å². The standard InChI is InChI=1S/C11H13IO/c1-2-8-3-4-10(7-11(8)12)13-9-5-6-9/h3-4,7,9H,2,5-6H2,1H3. The van der Waals surface area contributed by atoms with Crippen molar-refractivity contribution in [3.63, 3.8) is 0 Å². The van der Waals surface area contributed by atoms with Gasteiger partial charge in [-0.3, -0.25) is 0 Å². The monoisotopic (exact) mass is 288 g/mol. The van der Waals surface area contributed by atoms with Gasteiger partial charge in [0, 0.05) is 3.57 Å². The summed E-state index contributed by atoms with van der Waals surface area (Å²) in [6, 6.07) is 6.39. The van der Waals surface area contributed by atoms with Gasteiger partial charge >= 0.3 is 0 Å². The molecule has 1 aromatic rings. The quantitative estimate of drug-likeness (QED) is 0.775. The Morgan fingerprint density at radius 3 is 2.77 bits per heavy atom. The molecule has 1 nitrogen and oxygen atoms in total. The van der Waals surface area contributed by atoms with Crippen LogP contribution in [0.1, 0.15) is 25.3 Å². The van der Waals surface area contributed by atoms with Crippen molar-refractivity contribution in [3.8, 4) is 5.75 Å². The van der Waals surface area contributed by atoms with E-state index in [1.807, 2.05) is 0 Å². The molecule has 0 amide bonds. The van der Waals surface area contributed by atoms with E-state index in [2.05, 4.69) is 47.7 Å².